The number of amidine groups is 1. The molecule has 0 aromatic carbocycles. The van der Waals surface area contributed by atoms with Gasteiger partial charge < -0.3 is 21.2 Å². The van der Waals surface area contributed by atoms with Crippen molar-refractivity contribution in [3.8, 4) is 0 Å². The van der Waals surface area contributed by atoms with Gasteiger partial charge in [-0.2, -0.15) is 0 Å². The molecule has 110 valence electrons. The fourth-order valence-corrected chi connectivity index (χ4v) is 2.67. The summed E-state index contributed by atoms with van der Waals surface area (Å²) >= 11 is 0. The molecular formula is C13H26N4O2. The Hall–Kier alpha value is -1.46. The van der Waals surface area contributed by atoms with Crippen LogP contribution in [-0.4, -0.2) is 40.6 Å². The molecule has 1 aliphatic carbocycles. The molecule has 0 atom stereocenters. The molecule has 1 rings (SSSR count). The third kappa shape index (κ3) is 3.75. The van der Waals surface area contributed by atoms with E-state index in [4.69, 9.17) is 10.9 Å². The van der Waals surface area contributed by atoms with Crippen LogP contribution in [0, 0.1) is 0 Å². The van der Waals surface area contributed by atoms with Crippen molar-refractivity contribution in [3.05, 3.63) is 0 Å². The Morgan fingerprint density at radius 1 is 1.26 bits per heavy atom. The van der Waals surface area contributed by atoms with Crippen LogP contribution >= 0.6 is 0 Å². The van der Waals surface area contributed by atoms with Gasteiger partial charge in [-0.3, -0.25) is 0 Å². The van der Waals surface area contributed by atoms with Crippen LogP contribution in [-0.2, 0) is 0 Å². The second-order valence-electron chi connectivity index (χ2n) is 5.08. The molecule has 0 spiro atoms. The molecule has 1 saturated carbocycles. The Bertz CT molecular complexity index is 319. The van der Waals surface area contributed by atoms with E-state index in [0.717, 1.165) is 38.5 Å². The van der Waals surface area contributed by atoms with E-state index in [2.05, 4.69) is 10.5 Å². The van der Waals surface area contributed by atoms with Gasteiger partial charge in [-0.05, 0) is 26.7 Å². The highest BCUT2D eigenvalue weighted by Gasteiger charge is 2.37. The van der Waals surface area contributed by atoms with E-state index in [1.807, 2.05) is 13.8 Å². The van der Waals surface area contributed by atoms with E-state index < -0.39 is 5.54 Å². The maximum absolute atomic E-state index is 12.2. The Balaban J connectivity index is 2.88. The number of nitrogens with two attached hydrogens (primary N) is 1. The predicted molar refractivity (Wildman–Crippen MR) is 75.3 cm³/mol. The summed E-state index contributed by atoms with van der Waals surface area (Å²) < 4.78 is 0. The van der Waals surface area contributed by atoms with Crippen molar-refractivity contribution in [3.63, 3.8) is 0 Å². The summed E-state index contributed by atoms with van der Waals surface area (Å²) in [7, 11) is 0. The van der Waals surface area contributed by atoms with Gasteiger partial charge in [0.2, 0.25) is 0 Å². The van der Waals surface area contributed by atoms with Gasteiger partial charge in [0.05, 0.1) is 0 Å². The van der Waals surface area contributed by atoms with Gasteiger partial charge >= 0.3 is 6.03 Å². The average Bonchev–Trinajstić information content (AvgIpc) is 2.65. The van der Waals surface area contributed by atoms with Crippen molar-refractivity contribution in [2.24, 2.45) is 10.9 Å². The SMILES string of the molecule is CCN(CC)C(=O)NC1(C(N)=NO)CCCCCC1. The number of carbonyl (C=O) groups excluding carboxylic acids is 1. The van der Waals surface area contributed by atoms with Gasteiger partial charge in [-0.15, -0.1) is 0 Å². The fraction of sp³-hybridized carbons (Fsp3) is 0.846. The zero-order chi connectivity index (χ0) is 14.3. The fourth-order valence-electron chi connectivity index (χ4n) is 2.67. The number of amides is 2. The number of urea groups is 1. The molecule has 1 fully saturated rings. The average molecular weight is 270 g/mol. The highest BCUT2D eigenvalue weighted by molar-refractivity contribution is 5.93. The number of hydrogen-bond acceptors (Lipinski definition) is 3. The Kier molecular flexibility index (Phi) is 5.92. The van der Waals surface area contributed by atoms with Crippen LogP contribution < -0.4 is 11.1 Å². The molecule has 1 aliphatic rings. The Morgan fingerprint density at radius 3 is 2.21 bits per heavy atom. The molecule has 4 N–H and O–H groups in total. The van der Waals surface area contributed by atoms with E-state index in [9.17, 15) is 4.79 Å². The lowest BCUT2D eigenvalue weighted by Crippen LogP contribution is -2.60. The number of hydrogen-bond donors (Lipinski definition) is 3. The normalized spacial score (nSPS) is 19.6. The van der Waals surface area contributed by atoms with Gasteiger partial charge in [0.1, 0.15) is 5.54 Å². The van der Waals surface area contributed by atoms with Crippen molar-refractivity contribution in [1.29, 1.82) is 0 Å². The third-order valence-corrected chi connectivity index (χ3v) is 3.95. The lowest BCUT2D eigenvalue weighted by molar-refractivity contribution is 0.191. The van der Waals surface area contributed by atoms with Crippen molar-refractivity contribution in [1.82, 2.24) is 10.2 Å². The lowest BCUT2D eigenvalue weighted by Gasteiger charge is -2.34. The zero-order valence-electron chi connectivity index (χ0n) is 12.0. The summed E-state index contributed by atoms with van der Waals surface area (Å²) in [5.41, 5.74) is 5.16. The molecule has 0 aliphatic heterocycles. The van der Waals surface area contributed by atoms with Crippen molar-refractivity contribution >= 4 is 11.9 Å². The second kappa shape index (κ2) is 7.21. The molecule has 0 bridgehead atoms. The van der Waals surface area contributed by atoms with Crippen molar-refractivity contribution < 1.29 is 10.0 Å². The van der Waals surface area contributed by atoms with Gasteiger partial charge in [-0.25, -0.2) is 4.79 Å². The molecule has 0 heterocycles. The molecule has 0 unspecified atom stereocenters. The van der Waals surface area contributed by atoms with Crippen molar-refractivity contribution in [2.45, 2.75) is 57.9 Å². The predicted octanol–water partition coefficient (Wildman–Crippen LogP) is 1.88. The Labute approximate surface area is 115 Å². The van der Waals surface area contributed by atoms with E-state index in [1.54, 1.807) is 4.90 Å². The first kappa shape index (κ1) is 15.6. The first-order chi connectivity index (χ1) is 9.09. The van der Waals surface area contributed by atoms with Crippen LogP contribution in [0.15, 0.2) is 5.16 Å². The second-order valence-corrected chi connectivity index (χ2v) is 5.08. The standard InChI is InChI=1S/C13H26N4O2/c1-3-17(4-2)12(18)15-13(11(14)16-19)9-7-5-6-8-10-13/h19H,3-10H2,1-2H3,(H2,14,16)(H,15,18). The van der Waals surface area contributed by atoms with Gasteiger partial charge in [0.25, 0.3) is 0 Å². The zero-order valence-corrected chi connectivity index (χ0v) is 12.0. The van der Waals surface area contributed by atoms with Crippen LogP contribution in [0.1, 0.15) is 52.4 Å². The molecular weight excluding hydrogens is 244 g/mol. The number of rotatable bonds is 4. The first-order valence-corrected chi connectivity index (χ1v) is 7.14. The van der Waals surface area contributed by atoms with Crippen LogP contribution in [0.4, 0.5) is 4.79 Å². The van der Waals surface area contributed by atoms with Crippen molar-refractivity contribution in [2.75, 3.05) is 13.1 Å². The van der Waals surface area contributed by atoms with E-state index in [1.165, 1.54) is 0 Å². The molecule has 2 amide bonds. The summed E-state index contributed by atoms with van der Waals surface area (Å²) in [5, 5.41) is 15.2. The quantitative estimate of drug-likeness (QED) is 0.239. The third-order valence-electron chi connectivity index (χ3n) is 3.95. The minimum atomic E-state index is -0.690. The van der Waals surface area contributed by atoms with E-state index in [0.29, 0.717) is 13.1 Å². The maximum atomic E-state index is 12.2. The van der Waals surface area contributed by atoms with Crippen LogP contribution in [0.25, 0.3) is 0 Å². The van der Waals surface area contributed by atoms with Gasteiger partial charge in [0.15, 0.2) is 5.84 Å². The number of carbonyl (C=O) groups is 1. The number of nitrogens with one attached hydrogen (secondary N) is 1. The topological polar surface area (TPSA) is 91.0 Å². The van der Waals surface area contributed by atoms with Crippen LogP contribution in [0.2, 0.25) is 0 Å². The monoisotopic (exact) mass is 270 g/mol. The summed E-state index contributed by atoms with van der Waals surface area (Å²) in [6, 6.07) is -0.140. The number of oxime groups is 1. The highest BCUT2D eigenvalue weighted by Crippen LogP contribution is 2.27. The van der Waals surface area contributed by atoms with E-state index in [-0.39, 0.29) is 11.9 Å². The van der Waals surface area contributed by atoms with Gasteiger partial charge in [-0.1, -0.05) is 30.8 Å². The molecule has 6 heteroatoms. The molecule has 0 radical (unpaired) electrons. The molecule has 19 heavy (non-hydrogen) atoms. The summed E-state index contributed by atoms with van der Waals surface area (Å²) in [6.45, 7) is 5.17. The lowest BCUT2D eigenvalue weighted by atomic mass is 9.89. The largest absolute Gasteiger partial charge is 0.409 e. The molecule has 0 aromatic heterocycles. The highest BCUT2D eigenvalue weighted by atomic mass is 16.4. The molecule has 0 aromatic rings. The smallest absolute Gasteiger partial charge is 0.318 e. The summed E-state index contributed by atoms with van der Waals surface area (Å²) in [4.78, 5) is 13.9. The summed E-state index contributed by atoms with van der Waals surface area (Å²) in [5.74, 6) is 0.120. The summed E-state index contributed by atoms with van der Waals surface area (Å²) in [6.07, 6.45) is 5.68. The minimum Gasteiger partial charge on any atom is -0.409 e. The Morgan fingerprint density at radius 2 is 1.79 bits per heavy atom. The van der Waals surface area contributed by atoms with Crippen LogP contribution in [0.5, 0.6) is 0 Å². The minimum absolute atomic E-state index is 0.120. The number of nitrogens with zero attached hydrogens (tertiary/aromatic N) is 2. The van der Waals surface area contributed by atoms with Gasteiger partial charge in [0, 0.05) is 13.1 Å². The van der Waals surface area contributed by atoms with E-state index >= 15 is 0 Å². The maximum Gasteiger partial charge on any atom is 0.318 e. The first-order valence-electron chi connectivity index (χ1n) is 7.14. The molecule has 0 saturated heterocycles. The molecule has 6 nitrogen and oxygen atoms in total. The van der Waals surface area contributed by atoms with Crippen LogP contribution in [0.3, 0.4) is 0 Å².